The van der Waals surface area contributed by atoms with Gasteiger partial charge in [-0.1, -0.05) is 23.7 Å². The van der Waals surface area contributed by atoms with Crippen LogP contribution in [0.4, 0.5) is 0 Å². The van der Waals surface area contributed by atoms with Crippen molar-refractivity contribution in [1.29, 1.82) is 0 Å². The second kappa shape index (κ2) is 5.40. The highest BCUT2D eigenvalue weighted by Gasteiger charge is 2.16. The molecule has 0 aliphatic rings. The average molecular weight is 323 g/mol. The van der Waals surface area contributed by atoms with Gasteiger partial charge in [0.2, 0.25) is 0 Å². The number of carbonyl (C=O) groups excluding carboxylic acids is 1. The van der Waals surface area contributed by atoms with Crippen LogP contribution >= 0.6 is 34.5 Å². The molecule has 0 aliphatic carbocycles. The Kier molecular flexibility index (Phi) is 3.61. The Balaban J connectivity index is 2.17. The van der Waals surface area contributed by atoms with Gasteiger partial charge in [-0.3, -0.25) is 4.79 Å². The van der Waals surface area contributed by atoms with Crippen LogP contribution in [-0.4, -0.2) is 15.0 Å². The van der Waals surface area contributed by atoms with Crippen LogP contribution in [0, 0.1) is 0 Å². The fourth-order valence-electron chi connectivity index (χ4n) is 1.87. The molecule has 0 aliphatic heterocycles. The highest BCUT2D eigenvalue weighted by Crippen LogP contribution is 2.27. The molecular weight excluding hydrogens is 315 g/mol. The number of thiophene rings is 1. The van der Waals surface area contributed by atoms with Crippen molar-refractivity contribution in [3.63, 3.8) is 0 Å². The van der Waals surface area contributed by atoms with Crippen molar-refractivity contribution in [2.45, 2.75) is 0 Å². The summed E-state index contributed by atoms with van der Waals surface area (Å²) in [7, 11) is 0. The Morgan fingerprint density at radius 3 is 2.70 bits per heavy atom. The lowest BCUT2D eigenvalue weighted by Gasteiger charge is -2.04. The van der Waals surface area contributed by atoms with Crippen LogP contribution < -0.4 is 0 Å². The minimum absolute atomic E-state index is 0.317. The lowest BCUT2D eigenvalue weighted by Crippen LogP contribution is -2.04. The van der Waals surface area contributed by atoms with Crippen molar-refractivity contribution in [1.82, 2.24) is 9.78 Å². The molecular formula is C14H8Cl2N2OS. The molecule has 2 heterocycles. The summed E-state index contributed by atoms with van der Waals surface area (Å²) in [6.07, 6.45) is 0. The predicted molar refractivity (Wildman–Crippen MR) is 82.1 cm³/mol. The van der Waals surface area contributed by atoms with E-state index in [0.29, 0.717) is 22.1 Å². The van der Waals surface area contributed by atoms with Gasteiger partial charge < -0.3 is 0 Å². The molecule has 0 radical (unpaired) electrons. The van der Waals surface area contributed by atoms with Crippen LogP contribution in [0.3, 0.4) is 0 Å². The highest BCUT2D eigenvalue weighted by molar-refractivity contribution is 7.13. The van der Waals surface area contributed by atoms with E-state index >= 15 is 0 Å². The molecule has 0 N–H and O–H groups in total. The molecule has 0 bridgehead atoms. The van der Waals surface area contributed by atoms with Crippen molar-refractivity contribution in [2.24, 2.45) is 0 Å². The van der Waals surface area contributed by atoms with Crippen LogP contribution in [0.2, 0.25) is 5.02 Å². The van der Waals surface area contributed by atoms with E-state index in [1.807, 2.05) is 23.6 Å². The Hall–Kier alpha value is -1.62. The molecule has 0 atom stereocenters. The zero-order valence-corrected chi connectivity index (χ0v) is 12.4. The quantitative estimate of drug-likeness (QED) is 0.659. The maximum absolute atomic E-state index is 11.6. The molecule has 20 heavy (non-hydrogen) atoms. The zero-order valence-electron chi connectivity index (χ0n) is 10.1. The van der Waals surface area contributed by atoms with Crippen molar-refractivity contribution in [3.05, 3.63) is 58.6 Å². The van der Waals surface area contributed by atoms with Gasteiger partial charge in [0.25, 0.3) is 5.24 Å². The van der Waals surface area contributed by atoms with Crippen molar-refractivity contribution >= 4 is 39.8 Å². The van der Waals surface area contributed by atoms with Crippen LogP contribution in [0.25, 0.3) is 16.3 Å². The molecule has 0 fully saturated rings. The van der Waals surface area contributed by atoms with E-state index in [9.17, 15) is 4.79 Å². The van der Waals surface area contributed by atoms with E-state index in [0.717, 1.165) is 4.88 Å². The summed E-state index contributed by atoms with van der Waals surface area (Å²) < 4.78 is 1.51. The van der Waals surface area contributed by atoms with Gasteiger partial charge in [-0.2, -0.15) is 5.10 Å². The van der Waals surface area contributed by atoms with E-state index in [1.165, 1.54) is 4.68 Å². The molecule has 6 heteroatoms. The van der Waals surface area contributed by atoms with Crippen molar-refractivity contribution in [3.8, 4) is 16.3 Å². The van der Waals surface area contributed by atoms with Crippen LogP contribution in [0.5, 0.6) is 0 Å². The van der Waals surface area contributed by atoms with E-state index in [4.69, 9.17) is 23.2 Å². The Morgan fingerprint density at radius 1 is 1.20 bits per heavy atom. The number of benzene rings is 1. The smallest absolute Gasteiger partial charge is 0.270 e. The second-order valence-electron chi connectivity index (χ2n) is 4.06. The normalized spacial score (nSPS) is 10.7. The number of hydrogen-bond donors (Lipinski definition) is 0. The van der Waals surface area contributed by atoms with Gasteiger partial charge in [0, 0.05) is 5.02 Å². The Morgan fingerprint density at radius 2 is 2.05 bits per heavy atom. The molecule has 3 nitrogen and oxygen atoms in total. The summed E-state index contributed by atoms with van der Waals surface area (Å²) in [6.45, 7) is 0. The minimum atomic E-state index is -0.555. The summed E-state index contributed by atoms with van der Waals surface area (Å²) in [5.41, 5.74) is 1.73. The fraction of sp³-hybridized carbons (Fsp3) is 0. The van der Waals surface area contributed by atoms with E-state index in [-0.39, 0.29) is 0 Å². The average Bonchev–Trinajstić information content (AvgIpc) is 3.08. The van der Waals surface area contributed by atoms with Gasteiger partial charge >= 0.3 is 0 Å². The second-order valence-corrected chi connectivity index (χ2v) is 5.78. The predicted octanol–water partition coefficient (Wildman–Crippen LogP) is 4.63. The molecule has 2 aromatic heterocycles. The first-order valence-electron chi connectivity index (χ1n) is 5.75. The Bertz CT molecular complexity index is 765. The van der Waals surface area contributed by atoms with E-state index in [2.05, 4.69) is 5.10 Å². The van der Waals surface area contributed by atoms with Gasteiger partial charge in [-0.15, -0.1) is 11.3 Å². The lowest BCUT2D eigenvalue weighted by atomic mass is 10.3. The van der Waals surface area contributed by atoms with E-state index < -0.39 is 5.24 Å². The SMILES string of the molecule is O=C(Cl)c1cc(-c2cccs2)nn1-c1cccc(Cl)c1. The lowest BCUT2D eigenvalue weighted by molar-refractivity contribution is 0.107. The third-order valence-electron chi connectivity index (χ3n) is 2.74. The van der Waals surface area contributed by atoms with Gasteiger partial charge in [0.05, 0.1) is 10.6 Å². The number of rotatable bonds is 3. The third kappa shape index (κ3) is 2.50. The fourth-order valence-corrected chi connectivity index (χ4v) is 2.87. The van der Waals surface area contributed by atoms with Crippen molar-refractivity contribution < 1.29 is 4.79 Å². The first-order chi connectivity index (χ1) is 9.65. The van der Waals surface area contributed by atoms with Crippen LogP contribution in [0.1, 0.15) is 10.5 Å². The summed E-state index contributed by atoms with van der Waals surface area (Å²) in [4.78, 5) is 12.6. The highest BCUT2D eigenvalue weighted by atomic mass is 35.5. The maximum Gasteiger partial charge on any atom is 0.270 e. The van der Waals surface area contributed by atoms with Crippen LogP contribution in [-0.2, 0) is 0 Å². The first kappa shape index (κ1) is 13.4. The number of aromatic nitrogens is 2. The summed E-state index contributed by atoms with van der Waals surface area (Å²) in [5, 5.41) is 6.42. The van der Waals surface area contributed by atoms with Crippen molar-refractivity contribution in [2.75, 3.05) is 0 Å². The van der Waals surface area contributed by atoms with Gasteiger partial charge in [0.1, 0.15) is 11.4 Å². The third-order valence-corrected chi connectivity index (χ3v) is 4.06. The molecule has 100 valence electrons. The maximum atomic E-state index is 11.6. The molecule has 1 aromatic carbocycles. The van der Waals surface area contributed by atoms with Gasteiger partial charge in [-0.25, -0.2) is 4.68 Å². The summed E-state index contributed by atoms with van der Waals surface area (Å²) in [6, 6.07) is 12.7. The molecule has 0 spiro atoms. The molecule has 0 saturated heterocycles. The number of halogens is 2. The molecule has 0 unspecified atom stereocenters. The Labute approximate surface area is 129 Å². The summed E-state index contributed by atoms with van der Waals surface area (Å²) in [5.74, 6) is 0. The first-order valence-corrected chi connectivity index (χ1v) is 7.38. The summed E-state index contributed by atoms with van der Waals surface area (Å²) >= 11 is 13.2. The molecule has 0 amide bonds. The van der Waals surface area contributed by atoms with Gasteiger partial charge in [-0.05, 0) is 47.3 Å². The largest absolute Gasteiger partial charge is 0.274 e. The van der Waals surface area contributed by atoms with Crippen LogP contribution in [0.15, 0.2) is 47.8 Å². The zero-order chi connectivity index (χ0) is 14.1. The van der Waals surface area contributed by atoms with E-state index in [1.54, 1.807) is 35.6 Å². The molecule has 3 rings (SSSR count). The number of nitrogens with zero attached hydrogens (tertiary/aromatic N) is 2. The topological polar surface area (TPSA) is 34.9 Å². The monoisotopic (exact) mass is 322 g/mol. The number of carbonyl (C=O) groups is 1. The number of hydrogen-bond acceptors (Lipinski definition) is 3. The molecule has 3 aromatic rings. The molecule has 0 saturated carbocycles. The standard InChI is InChI=1S/C14H8Cl2N2OS/c15-9-3-1-4-10(7-9)18-12(14(16)19)8-11(17-18)13-5-2-6-20-13/h1-8H. The van der Waals surface area contributed by atoms with Gasteiger partial charge in [0.15, 0.2) is 0 Å². The minimum Gasteiger partial charge on any atom is -0.274 e.